The van der Waals surface area contributed by atoms with Gasteiger partial charge in [-0.05, 0) is 30.6 Å². The van der Waals surface area contributed by atoms with Gasteiger partial charge in [0.25, 0.3) is 5.92 Å². The molecule has 126 valence electrons. The summed E-state index contributed by atoms with van der Waals surface area (Å²) in [5, 5.41) is 0. The molecule has 0 aromatic heterocycles. The smallest absolute Gasteiger partial charge is 0.408 e. The molecule has 0 N–H and O–H groups in total. The van der Waals surface area contributed by atoms with E-state index in [0.29, 0.717) is 6.42 Å². The second-order valence-corrected chi connectivity index (χ2v) is 6.56. The average molecular weight is 326 g/mol. The first-order valence-corrected chi connectivity index (χ1v) is 7.33. The van der Waals surface area contributed by atoms with E-state index in [1.165, 1.54) is 0 Å². The summed E-state index contributed by atoms with van der Waals surface area (Å²) in [6, 6.07) is 0. The third-order valence-corrected chi connectivity index (χ3v) is 4.28. The Bertz CT molecular complexity index is 455. The van der Waals surface area contributed by atoms with Crippen molar-refractivity contribution in [2.75, 3.05) is 6.61 Å². The molecule has 0 saturated heterocycles. The quantitative estimate of drug-likeness (QED) is 0.430. The maximum atomic E-state index is 14.5. The van der Waals surface area contributed by atoms with Gasteiger partial charge in [-0.15, -0.1) is 0 Å². The van der Waals surface area contributed by atoms with Gasteiger partial charge in [-0.2, -0.15) is 13.2 Å². The fourth-order valence-corrected chi connectivity index (χ4v) is 3.28. The molecule has 7 heteroatoms. The van der Waals surface area contributed by atoms with Crippen LogP contribution in [0.1, 0.15) is 26.7 Å². The highest BCUT2D eigenvalue weighted by Gasteiger charge is 2.66. The van der Waals surface area contributed by atoms with E-state index in [2.05, 4.69) is 4.74 Å². The monoisotopic (exact) mass is 326 g/mol. The van der Waals surface area contributed by atoms with E-state index in [-0.39, 0.29) is 24.9 Å². The molecule has 4 atom stereocenters. The number of fused-ring (bicyclic) bond motifs is 2. The molecule has 0 aliphatic heterocycles. The third kappa shape index (κ3) is 3.27. The highest BCUT2D eigenvalue weighted by molar-refractivity contribution is 5.74. The van der Waals surface area contributed by atoms with Gasteiger partial charge in [0.15, 0.2) is 0 Å². The molecular weight excluding hydrogens is 307 g/mol. The van der Waals surface area contributed by atoms with Crippen LogP contribution in [0.15, 0.2) is 12.2 Å². The Kier molecular flexibility index (Phi) is 4.55. The fraction of sp³-hybridized carbons (Fsp3) is 0.800. The number of halogens is 5. The Labute approximate surface area is 125 Å². The van der Waals surface area contributed by atoms with Crippen LogP contribution in [0, 0.1) is 29.6 Å². The highest BCUT2D eigenvalue weighted by atomic mass is 19.4. The van der Waals surface area contributed by atoms with Gasteiger partial charge < -0.3 is 4.74 Å². The average Bonchev–Trinajstić information content (AvgIpc) is 2.96. The zero-order valence-corrected chi connectivity index (χ0v) is 12.4. The minimum absolute atomic E-state index is 0.0157. The first kappa shape index (κ1) is 17.2. The Balaban J connectivity index is 2.21. The molecule has 2 aliphatic rings. The normalized spacial score (nSPS) is 29.2. The van der Waals surface area contributed by atoms with Gasteiger partial charge >= 0.3 is 12.1 Å². The number of ether oxygens (including phenoxy) is 1. The Morgan fingerprint density at radius 2 is 1.82 bits per heavy atom. The number of hydrogen-bond acceptors (Lipinski definition) is 2. The zero-order chi connectivity index (χ0) is 16.7. The number of rotatable bonds is 5. The number of esters is 1. The second kappa shape index (κ2) is 5.81. The Hall–Kier alpha value is -1.14. The van der Waals surface area contributed by atoms with Gasteiger partial charge in [-0.25, -0.2) is 8.78 Å². The van der Waals surface area contributed by atoms with E-state index in [9.17, 15) is 26.7 Å². The number of carbonyl (C=O) groups is 1. The number of allylic oxidation sites excluding steroid dienone is 2. The number of carbonyl (C=O) groups excluding carboxylic acids is 1. The van der Waals surface area contributed by atoms with E-state index in [1.54, 1.807) is 26.0 Å². The predicted molar refractivity (Wildman–Crippen MR) is 69.1 cm³/mol. The Morgan fingerprint density at radius 1 is 1.18 bits per heavy atom. The summed E-state index contributed by atoms with van der Waals surface area (Å²) in [6.07, 6.45) is -1.61. The summed E-state index contributed by atoms with van der Waals surface area (Å²) >= 11 is 0. The van der Waals surface area contributed by atoms with Gasteiger partial charge in [0.05, 0.1) is 6.61 Å². The van der Waals surface area contributed by atoms with Crippen molar-refractivity contribution in [3.05, 3.63) is 12.2 Å². The van der Waals surface area contributed by atoms with Crippen molar-refractivity contribution in [2.24, 2.45) is 29.6 Å². The van der Waals surface area contributed by atoms with Crippen molar-refractivity contribution >= 4 is 5.97 Å². The lowest BCUT2D eigenvalue weighted by molar-refractivity contribution is -0.259. The van der Waals surface area contributed by atoms with Crippen LogP contribution in [0.2, 0.25) is 0 Å². The first-order chi connectivity index (χ1) is 10.0. The molecule has 4 unspecified atom stereocenters. The Morgan fingerprint density at radius 3 is 2.23 bits per heavy atom. The molecule has 0 aromatic carbocycles. The summed E-state index contributed by atoms with van der Waals surface area (Å²) in [7, 11) is 0. The fourth-order valence-electron chi connectivity index (χ4n) is 3.28. The van der Waals surface area contributed by atoms with Crippen molar-refractivity contribution in [2.45, 2.75) is 38.8 Å². The van der Waals surface area contributed by atoms with Crippen LogP contribution in [0.5, 0.6) is 0 Å². The van der Waals surface area contributed by atoms with E-state index in [4.69, 9.17) is 0 Å². The standard InChI is InChI=1S/C15H19F5O2/c1-8(2)7-22-13(21)12(15(18,19)20)14(16,17)11-6-9-3-4-10(11)5-9/h3-4,8-12H,5-7H2,1-2H3. The van der Waals surface area contributed by atoms with Crippen LogP contribution >= 0.6 is 0 Å². The minimum Gasteiger partial charge on any atom is -0.465 e. The van der Waals surface area contributed by atoms with Crippen molar-refractivity contribution in [3.8, 4) is 0 Å². The lowest BCUT2D eigenvalue weighted by Gasteiger charge is -2.34. The van der Waals surface area contributed by atoms with Crippen molar-refractivity contribution in [1.29, 1.82) is 0 Å². The van der Waals surface area contributed by atoms with Crippen molar-refractivity contribution in [1.82, 2.24) is 0 Å². The minimum atomic E-state index is -5.33. The number of hydrogen-bond donors (Lipinski definition) is 0. The van der Waals surface area contributed by atoms with Gasteiger partial charge in [-0.3, -0.25) is 4.79 Å². The summed E-state index contributed by atoms with van der Waals surface area (Å²) in [5.74, 6) is -11.8. The van der Waals surface area contributed by atoms with Crippen LogP contribution in [0.25, 0.3) is 0 Å². The molecular formula is C15H19F5O2. The largest absolute Gasteiger partial charge is 0.465 e. The van der Waals surface area contributed by atoms with Crippen LogP contribution in [-0.2, 0) is 9.53 Å². The predicted octanol–water partition coefficient (Wildman–Crippen LogP) is 4.21. The third-order valence-electron chi connectivity index (χ3n) is 4.28. The molecule has 0 aromatic rings. The topological polar surface area (TPSA) is 26.3 Å². The molecule has 2 bridgehead atoms. The van der Waals surface area contributed by atoms with Gasteiger partial charge in [0.2, 0.25) is 5.92 Å². The molecule has 0 spiro atoms. The van der Waals surface area contributed by atoms with E-state index in [0.717, 1.165) is 0 Å². The lowest BCUT2D eigenvalue weighted by Crippen LogP contribution is -2.50. The maximum absolute atomic E-state index is 14.5. The summed E-state index contributed by atoms with van der Waals surface area (Å²) in [6.45, 7) is 2.93. The molecule has 2 aliphatic carbocycles. The molecule has 0 radical (unpaired) electrons. The maximum Gasteiger partial charge on any atom is 0.408 e. The zero-order valence-electron chi connectivity index (χ0n) is 12.4. The van der Waals surface area contributed by atoms with E-state index >= 15 is 0 Å². The summed E-state index contributed by atoms with van der Waals surface area (Å²) in [4.78, 5) is 11.7. The van der Waals surface area contributed by atoms with Crippen molar-refractivity contribution in [3.63, 3.8) is 0 Å². The molecule has 0 heterocycles. The molecule has 1 fully saturated rings. The van der Waals surface area contributed by atoms with Gasteiger partial charge in [-0.1, -0.05) is 26.0 Å². The van der Waals surface area contributed by atoms with Crippen LogP contribution < -0.4 is 0 Å². The highest BCUT2D eigenvalue weighted by Crippen LogP contribution is 2.55. The molecule has 2 rings (SSSR count). The molecule has 2 nitrogen and oxygen atoms in total. The summed E-state index contributed by atoms with van der Waals surface area (Å²) in [5.41, 5.74) is 0. The lowest BCUT2D eigenvalue weighted by atomic mass is 9.81. The van der Waals surface area contributed by atoms with Crippen LogP contribution in [0.4, 0.5) is 22.0 Å². The molecule has 1 saturated carbocycles. The van der Waals surface area contributed by atoms with Crippen LogP contribution in [-0.4, -0.2) is 24.7 Å². The van der Waals surface area contributed by atoms with E-state index in [1.807, 2.05) is 0 Å². The molecule has 22 heavy (non-hydrogen) atoms. The van der Waals surface area contributed by atoms with Gasteiger partial charge in [0, 0.05) is 5.92 Å². The first-order valence-electron chi connectivity index (χ1n) is 7.33. The van der Waals surface area contributed by atoms with E-state index < -0.39 is 35.8 Å². The van der Waals surface area contributed by atoms with Gasteiger partial charge in [0.1, 0.15) is 0 Å². The van der Waals surface area contributed by atoms with Crippen LogP contribution in [0.3, 0.4) is 0 Å². The second-order valence-electron chi connectivity index (χ2n) is 6.56. The van der Waals surface area contributed by atoms with Crippen molar-refractivity contribution < 1.29 is 31.5 Å². The SMILES string of the molecule is CC(C)COC(=O)C(C(F)(F)F)C(F)(F)C1CC2C=CC1C2. The number of alkyl halides is 5. The summed E-state index contributed by atoms with van der Waals surface area (Å²) < 4.78 is 72.7. The molecule has 0 amide bonds.